The first-order chi connectivity index (χ1) is 23.7. The van der Waals surface area contributed by atoms with E-state index < -0.39 is 123 Å². The van der Waals surface area contributed by atoms with Crippen molar-refractivity contribution in [3.05, 3.63) is 88.0 Å². The number of aromatic carboxylic acids is 3. The van der Waals surface area contributed by atoms with Gasteiger partial charge < -0.3 is 34.6 Å². The van der Waals surface area contributed by atoms with Gasteiger partial charge in [-0.15, -0.1) is 0 Å². The predicted octanol–water partition coefficient (Wildman–Crippen LogP) is 5.47. The Morgan fingerprint density at radius 3 is 1.00 bits per heavy atom. The normalized spacial score (nSPS) is 12.1. The molecular weight excluding hydrogens is 739 g/mol. The molecule has 0 aliphatic carbocycles. The molecule has 0 saturated carbocycles. The van der Waals surface area contributed by atoms with Crippen LogP contribution in [0.4, 0.5) is 39.5 Å². The minimum absolute atomic E-state index is 0.00413. The van der Waals surface area contributed by atoms with Crippen LogP contribution in [0.15, 0.2) is 54.6 Å². The number of hydrogen-bond donors (Lipinski definition) is 4. The highest BCUT2D eigenvalue weighted by Crippen LogP contribution is 2.37. The quantitative estimate of drug-likeness (QED) is 0.109. The molecule has 3 rings (SSSR count). The highest BCUT2D eigenvalue weighted by Gasteiger charge is 2.45. The monoisotopic (exact) mass is 756 g/mol. The maximum atomic E-state index is 13.3. The molecule has 0 atom stereocenters. The number of benzene rings is 3. The fourth-order valence-corrected chi connectivity index (χ4v) is 4.08. The van der Waals surface area contributed by atoms with Gasteiger partial charge in [0.1, 0.15) is 33.9 Å². The molecule has 0 bridgehead atoms. The minimum atomic E-state index is -5.21. The van der Waals surface area contributed by atoms with Gasteiger partial charge in [0.2, 0.25) is 0 Å². The highest BCUT2D eigenvalue weighted by molar-refractivity contribution is 5.97. The van der Waals surface area contributed by atoms with E-state index >= 15 is 0 Å². The number of carboxylic acids is 3. The SMILES string of the molecule is O=C(CC(O)(CC(=O)Oc1cc(C(F)(F)F)ccc1C(=O)O)C(=O)Oc1cc(C(F)(F)F)ccc1C(=O)O)Oc1cc(C(F)(F)F)ccc1C(=O)O. The van der Waals surface area contributed by atoms with Crippen LogP contribution in [0.3, 0.4) is 0 Å². The van der Waals surface area contributed by atoms with Crippen LogP contribution < -0.4 is 14.2 Å². The Morgan fingerprint density at radius 2 is 0.750 bits per heavy atom. The summed E-state index contributed by atoms with van der Waals surface area (Å²) >= 11 is 0. The number of ether oxygens (including phenoxy) is 3. The van der Waals surface area contributed by atoms with E-state index in [1.165, 1.54) is 0 Å². The number of carboxylic acid groups (broad SMARTS) is 3. The van der Waals surface area contributed by atoms with Gasteiger partial charge in [0, 0.05) is 0 Å². The Kier molecular flexibility index (Phi) is 11.3. The van der Waals surface area contributed by atoms with Gasteiger partial charge in [-0.25, -0.2) is 19.2 Å². The van der Waals surface area contributed by atoms with Crippen molar-refractivity contribution in [1.29, 1.82) is 0 Å². The lowest BCUT2D eigenvalue weighted by atomic mass is 9.95. The van der Waals surface area contributed by atoms with Gasteiger partial charge in [-0.2, -0.15) is 39.5 Å². The van der Waals surface area contributed by atoms with E-state index in [2.05, 4.69) is 14.2 Å². The summed E-state index contributed by atoms with van der Waals surface area (Å²) in [5.74, 6) is -16.6. The highest BCUT2D eigenvalue weighted by atomic mass is 19.4. The first-order valence-corrected chi connectivity index (χ1v) is 13.4. The lowest BCUT2D eigenvalue weighted by molar-refractivity contribution is -0.167. The number of rotatable bonds is 11. The third kappa shape index (κ3) is 9.74. The van der Waals surface area contributed by atoms with Crippen molar-refractivity contribution in [3.63, 3.8) is 0 Å². The van der Waals surface area contributed by atoms with E-state index in [1.807, 2.05) is 0 Å². The zero-order valence-corrected chi connectivity index (χ0v) is 25.0. The lowest BCUT2D eigenvalue weighted by Gasteiger charge is -2.25. The van der Waals surface area contributed by atoms with Crippen molar-refractivity contribution in [1.82, 2.24) is 0 Å². The second-order valence-electron chi connectivity index (χ2n) is 10.3. The van der Waals surface area contributed by atoms with Crippen molar-refractivity contribution in [2.75, 3.05) is 0 Å². The largest absolute Gasteiger partial charge is 0.478 e. The molecule has 22 heteroatoms. The van der Waals surface area contributed by atoms with Crippen molar-refractivity contribution in [2.24, 2.45) is 0 Å². The summed E-state index contributed by atoms with van der Waals surface area (Å²) in [6.07, 6.45) is -19.5. The van der Waals surface area contributed by atoms with Crippen molar-refractivity contribution >= 4 is 35.8 Å². The summed E-state index contributed by atoms with van der Waals surface area (Å²) in [5, 5.41) is 39.1. The van der Waals surface area contributed by atoms with Crippen LogP contribution in [-0.2, 0) is 32.9 Å². The molecule has 4 N–H and O–H groups in total. The summed E-state index contributed by atoms with van der Waals surface area (Å²) in [6, 6.07) is 1.64. The predicted molar refractivity (Wildman–Crippen MR) is 146 cm³/mol. The third-order valence-corrected chi connectivity index (χ3v) is 6.52. The second kappa shape index (κ2) is 14.6. The number of aliphatic hydroxyl groups is 1. The second-order valence-corrected chi connectivity index (χ2v) is 10.3. The molecule has 0 fully saturated rings. The topological polar surface area (TPSA) is 211 Å². The first-order valence-electron chi connectivity index (χ1n) is 13.4. The number of carbonyl (C=O) groups is 6. The van der Waals surface area contributed by atoms with Gasteiger partial charge in [-0.1, -0.05) is 0 Å². The van der Waals surface area contributed by atoms with Gasteiger partial charge >= 0.3 is 54.3 Å². The molecule has 3 aromatic rings. The van der Waals surface area contributed by atoms with Crippen LogP contribution in [0.2, 0.25) is 0 Å². The average molecular weight is 756 g/mol. The maximum absolute atomic E-state index is 13.3. The van der Waals surface area contributed by atoms with Gasteiger partial charge in [0.05, 0.1) is 29.5 Å². The molecule has 52 heavy (non-hydrogen) atoms. The minimum Gasteiger partial charge on any atom is -0.478 e. The Hall–Kier alpha value is -6.19. The first kappa shape index (κ1) is 40.2. The van der Waals surface area contributed by atoms with Gasteiger partial charge in [-0.3, -0.25) is 9.59 Å². The molecular formula is C30H17F9O13. The summed E-state index contributed by atoms with van der Waals surface area (Å²) in [4.78, 5) is 73.6. The number of esters is 3. The van der Waals surface area contributed by atoms with Crippen LogP contribution in [0.1, 0.15) is 60.6 Å². The molecule has 0 aliphatic heterocycles. The molecule has 278 valence electrons. The average Bonchev–Trinajstić information content (AvgIpc) is 2.98. The molecule has 0 amide bonds. The Balaban J connectivity index is 2.09. The molecule has 0 heterocycles. The Labute approximate surface area is 281 Å². The van der Waals surface area contributed by atoms with Crippen molar-refractivity contribution in [3.8, 4) is 17.2 Å². The van der Waals surface area contributed by atoms with E-state index in [-0.39, 0.29) is 42.5 Å². The fraction of sp³-hybridized carbons (Fsp3) is 0.200. The van der Waals surface area contributed by atoms with Gasteiger partial charge in [-0.05, 0) is 54.6 Å². The summed E-state index contributed by atoms with van der Waals surface area (Å²) < 4.78 is 133. The Morgan fingerprint density at radius 1 is 0.481 bits per heavy atom. The molecule has 0 aliphatic rings. The molecule has 3 aromatic carbocycles. The molecule has 0 unspecified atom stereocenters. The number of alkyl halides is 9. The van der Waals surface area contributed by atoms with Crippen LogP contribution >= 0.6 is 0 Å². The van der Waals surface area contributed by atoms with E-state index in [0.717, 1.165) is 0 Å². The van der Waals surface area contributed by atoms with E-state index in [4.69, 9.17) is 0 Å². The molecule has 0 aromatic heterocycles. The van der Waals surface area contributed by atoms with Crippen LogP contribution in [0.5, 0.6) is 17.2 Å². The summed E-state index contributed by atoms with van der Waals surface area (Å²) in [7, 11) is 0. The third-order valence-electron chi connectivity index (χ3n) is 6.52. The molecule has 0 radical (unpaired) electrons. The van der Waals surface area contributed by atoms with Crippen LogP contribution in [0, 0.1) is 0 Å². The fourth-order valence-electron chi connectivity index (χ4n) is 4.08. The van der Waals surface area contributed by atoms with Crippen molar-refractivity contribution < 1.29 is 103 Å². The summed E-state index contributed by atoms with van der Waals surface area (Å²) in [6.45, 7) is 0. The number of halogens is 9. The van der Waals surface area contributed by atoms with Crippen molar-refractivity contribution in [2.45, 2.75) is 37.0 Å². The molecule has 0 saturated heterocycles. The Bertz CT molecular complexity index is 1860. The van der Waals surface area contributed by atoms with E-state index in [9.17, 15) is 88.7 Å². The molecule has 13 nitrogen and oxygen atoms in total. The summed E-state index contributed by atoms with van der Waals surface area (Å²) in [5.41, 5.74) is -12.0. The lowest BCUT2D eigenvalue weighted by Crippen LogP contribution is -2.47. The number of hydrogen-bond acceptors (Lipinski definition) is 10. The zero-order valence-electron chi connectivity index (χ0n) is 25.0. The van der Waals surface area contributed by atoms with Gasteiger partial charge in [0.15, 0.2) is 5.60 Å². The van der Waals surface area contributed by atoms with Crippen LogP contribution in [0.25, 0.3) is 0 Å². The zero-order chi connectivity index (χ0) is 39.6. The van der Waals surface area contributed by atoms with E-state index in [1.54, 1.807) is 0 Å². The standard InChI is InChI=1S/C30H17F9O13/c31-28(32,33)12-1-4-15(23(42)43)18(7-12)50-21(40)10-27(49,26(48)52-20-9-14(30(37,38)39)3-6-17(20)25(46)47)11-22(41)51-19-8-13(29(34,35)36)2-5-16(19)24(44)45/h1-9,49H,10-11H2,(H,42,43)(H,44,45)(H,46,47). The molecule has 0 spiro atoms. The van der Waals surface area contributed by atoms with Gasteiger partial charge in [0.25, 0.3) is 0 Å². The smallest absolute Gasteiger partial charge is 0.416 e. The van der Waals surface area contributed by atoms with E-state index in [0.29, 0.717) is 12.1 Å². The number of carbonyl (C=O) groups excluding carboxylic acids is 3. The maximum Gasteiger partial charge on any atom is 0.416 e. The van der Waals surface area contributed by atoms with Crippen LogP contribution in [-0.4, -0.2) is 61.8 Å².